The minimum atomic E-state index is -2.72. The summed E-state index contributed by atoms with van der Waals surface area (Å²) in [5, 5.41) is 0. The summed E-state index contributed by atoms with van der Waals surface area (Å²) in [6, 6.07) is 5.95. The molecular weight excluding hydrogens is 246 g/mol. The van der Waals surface area contributed by atoms with Crippen molar-refractivity contribution in [2.75, 3.05) is 7.11 Å². The molecule has 2 unspecified atom stereocenters. The Morgan fingerprint density at radius 3 is 2.35 bits per heavy atom. The van der Waals surface area contributed by atoms with Crippen LogP contribution >= 0.6 is 0 Å². The average molecular weight is 258 g/mol. The molecule has 1 rings (SSSR count). The fraction of sp³-hybridized carbons (Fsp3) is 0.300. The summed E-state index contributed by atoms with van der Waals surface area (Å²) in [6.45, 7) is 1.40. The Bertz CT molecular complexity index is 429. The van der Waals surface area contributed by atoms with E-state index in [2.05, 4.69) is 8.92 Å². The number of carbonyl (C=O) groups excluding carboxylic acids is 1. The maximum Gasteiger partial charge on any atom is 0.337 e. The molecule has 2 atom stereocenters. The highest BCUT2D eigenvalue weighted by Gasteiger charge is 2.23. The highest BCUT2D eigenvalue weighted by atomic mass is 32.2. The van der Waals surface area contributed by atoms with Crippen LogP contribution < -0.4 is 5.73 Å². The van der Waals surface area contributed by atoms with Crippen molar-refractivity contribution >= 4 is 17.3 Å². The molecule has 0 aliphatic rings. The molecule has 0 saturated heterocycles. The number of hydrogen-bond donors (Lipinski definition) is 1. The quantitative estimate of drug-likeness (QED) is 0.477. The summed E-state index contributed by atoms with van der Waals surface area (Å²) in [7, 11) is 1.27. The number of nitrogens with two attached hydrogens (primary N) is 1. The Morgan fingerprint density at radius 1 is 1.41 bits per heavy atom. The lowest BCUT2D eigenvalue weighted by molar-refractivity contribution is 0.0599. The zero-order valence-electron chi connectivity index (χ0n) is 9.34. The summed E-state index contributed by atoms with van der Waals surface area (Å²) in [4.78, 5) is 11.2. The highest BCUT2D eigenvalue weighted by molar-refractivity contribution is 7.74. The van der Waals surface area contributed by atoms with Crippen molar-refractivity contribution < 1.29 is 22.5 Å². The highest BCUT2D eigenvalue weighted by Crippen LogP contribution is 2.20. The second kappa shape index (κ2) is 5.37. The van der Waals surface area contributed by atoms with Crippen molar-refractivity contribution in [2.45, 2.75) is 12.6 Å². The van der Waals surface area contributed by atoms with Crippen LogP contribution in [-0.4, -0.2) is 21.8 Å². The number of benzene rings is 1. The number of methoxy groups -OCH3 is 1. The van der Waals surface area contributed by atoms with Gasteiger partial charge in [-0.15, -0.1) is 0 Å². The molecule has 0 heterocycles. The molecule has 2 N–H and O–H groups in total. The van der Waals surface area contributed by atoms with E-state index in [-0.39, 0.29) is 0 Å². The van der Waals surface area contributed by atoms with Crippen LogP contribution in [0.3, 0.4) is 0 Å². The zero-order valence-corrected chi connectivity index (χ0v) is 10.2. The van der Waals surface area contributed by atoms with Crippen molar-refractivity contribution in [2.24, 2.45) is 5.73 Å². The predicted octanol–water partition coefficient (Wildman–Crippen LogP) is 0.415. The van der Waals surface area contributed by atoms with Gasteiger partial charge in [0.25, 0.3) is 0 Å². The monoisotopic (exact) mass is 258 g/mol. The van der Waals surface area contributed by atoms with E-state index in [0.717, 1.165) is 0 Å². The first-order chi connectivity index (χ1) is 7.86. The lowest BCUT2D eigenvalue weighted by Crippen LogP contribution is -2.36. The Hall–Kier alpha value is -1.28. The number of carbonyl (C=O) groups is 1. The van der Waals surface area contributed by atoms with Crippen LogP contribution in [-0.2, 0) is 26.0 Å². The molecule has 17 heavy (non-hydrogen) atoms. The smallest absolute Gasteiger partial charge is 0.337 e. The third-order valence-corrected chi connectivity index (χ3v) is 2.60. The summed E-state index contributed by atoms with van der Waals surface area (Å²) < 4.78 is 29.9. The van der Waals surface area contributed by atoms with Gasteiger partial charge in [0.2, 0.25) is 0 Å². The second-order valence-corrected chi connectivity index (χ2v) is 4.04. The Morgan fingerprint density at radius 2 is 1.94 bits per heavy atom. The maximum absolute atomic E-state index is 11.2. The van der Waals surface area contributed by atoms with E-state index in [0.29, 0.717) is 11.1 Å². The van der Waals surface area contributed by atoms with E-state index in [1.165, 1.54) is 38.3 Å². The molecule has 7 heteroatoms. The summed E-state index contributed by atoms with van der Waals surface area (Å²) >= 11 is -2.72. The van der Waals surface area contributed by atoms with E-state index < -0.39 is 23.1 Å². The van der Waals surface area contributed by atoms with Crippen molar-refractivity contribution in [1.82, 2.24) is 0 Å². The maximum atomic E-state index is 11.2. The van der Waals surface area contributed by atoms with E-state index in [9.17, 15) is 13.6 Å². The Balaban J connectivity index is 2.94. The van der Waals surface area contributed by atoms with Gasteiger partial charge >= 0.3 is 5.97 Å². The van der Waals surface area contributed by atoms with Crippen molar-refractivity contribution in [3.8, 4) is 0 Å². The standard InChI is InChI=1S/C10H13NO5S/c1-10(11,16-17(13)14)8-5-3-7(4-6-8)9(12)15-2/h3-6H,11H2,1-2H3,(H,13,14)/p-1. The molecule has 0 aromatic heterocycles. The van der Waals surface area contributed by atoms with E-state index in [4.69, 9.17) is 5.73 Å². The second-order valence-electron chi connectivity index (χ2n) is 3.46. The normalized spacial score (nSPS) is 16.0. The largest absolute Gasteiger partial charge is 0.750 e. The molecule has 0 bridgehead atoms. The van der Waals surface area contributed by atoms with Crippen LogP contribution in [0, 0.1) is 0 Å². The van der Waals surface area contributed by atoms with Gasteiger partial charge in [0, 0.05) is 0 Å². The first-order valence-electron chi connectivity index (χ1n) is 4.63. The topological polar surface area (TPSA) is 102 Å². The van der Waals surface area contributed by atoms with E-state index in [1.54, 1.807) is 0 Å². The van der Waals surface area contributed by atoms with Crippen molar-refractivity contribution in [1.29, 1.82) is 0 Å². The molecule has 0 amide bonds. The lowest BCUT2D eigenvalue weighted by Gasteiger charge is -2.25. The van der Waals surface area contributed by atoms with Gasteiger partial charge < -0.3 is 9.29 Å². The molecule has 0 aliphatic heterocycles. The van der Waals surface area contributed by atoms with E-state index in [1.807, 2.05) is 0 Å². The molecule has 94 valence electrons. The van der Waals surface area contributed by atoms with Gasteiger partial charge in [-0.3, -0.25) is 9.92 Å². The van der Waals surface area contributed by atoms with Crippen LogP contribution in [0.25, 0.3) is 0 Å². The Labute approximate surface area is 101 Å². The third-order valence-electron chi connectivity index (χ3n) is 2.12. The SMILES string of the molecule is COC(=O)c1ccc(C(C)(N)OS(=O)[O-])cc1. The van der Waals surface area contributed by atoms with Crippen LogP contribution in [0.4, 0.5) is 0 Å². The molecule has 0 fully saturated rings. The fourth-order valence-electron chi connectivity index (χ4n) is 1.24. The lowest BCUT2D eigenvalue weighted by atomic mass is 10.0. The van der Waals surface area contributed by atoms with Gasteiger partial charge in [-0.05, 0) is 24.6 Å². The summed E-state index contributed by atoms with van der Waals surface area (Å²) in [5.41, 5.74) is 4.96. The van der Waals surface area contributed by atoms with Crippen molar-refractivity contribution in [3.63, 3.8) is 0 Å². The number of rotatable bonds is 4. The molecule has 6 nitrogen and oxygen atoms in total. The summed E-state index contributed by atoms with van der Waals surface area (Å²) in [5.74, 6) is -0.483. The van der Waals surface area contributed by atoms with Crippen LogP contribution in [0.5, 0.6) is 0 Å². The number of hydrogen-bond acceptors (Lipinski definition) is 6. The number of esters is 1. The molecule has 1 aromatic rings. The first-order valence-corrected chi connectivity index (χ1v) is 5.63. The molecule has 0 saturated carbocycles. The molecule has 1 aromatic carbocycles. The predicted molar refractivity (Wildman–Crippen MR) is 59.3 cm³/mol. The first kappa shape index (κ1) is 13.8. The summed E-state index contributed by atoms with van der Waals surface area (Å²) in [6.07, 6.45) is 0. The number of ether oxygens (including phenoxy) is 1. The molecular formula is C10H12NO5S-. The Kier molecular flexibility index (Phi) is 4.35. The molecule has 0 radical (unpaired) electrons. The van der Waals surface area contributed by atoms with Crippen LogP contribution in [0.15, 0.2) is 24.3 Å². The molecule has 0 spiro atoms. The van der Waals surface area contributed by atoms with Gasteiger partial charge in [-0.25, -0.2) is 9.00 Å². The zero-order chi connectivity index (χ0) is 13.1. The van der Waals surface area contributed by atoms with Crippen LogP contribution in [0.1, 0.15) is 22.8 Å². The average Bonchev–Trinajstić information content (AvgIpc) is 2.26. The van der Waals surface area contributed by atoms with Gasteiger partial charge in [0.15, 0.2) is 5.72 Å². The molecule has 0 aliphatic carbocycles. The van der Waals surface area contributed by atoms with Crippen molar-refractivity contribution in [3.05, 3.63) is 35.4 Å². The minimum absolute atomic E-state index is 0.343. The van der Waals surface area contributed by atoms with Crippen LogP contribution in [0.2, 0.25) is 0 Å². The minimum Gasteiger partial charge on any atom is -0.750 e. The van der Waals surface area contributed by atoms with Gasteiger partial charge in [-0.1, -0.05) is 12.1 Å². The third kappa shape index (κ3) is 3.60. The fourth-order valence-corrected chi connectivity index (χ4v) is 1.62. The van der Waals surface area contributed by atoms with E-state index >= 15 is 0 Å². The van der Waals surface area contributed by atoms with Gasteiger partial charge in [0.05, 0.1) is 24.0 Å². The van der Waals surface area contributed by atoms with Gasteiger partial charge in [0.1, 0.15) is 0 Å². The van der Waals surface area contributed by atoms with Gasteiger partial charge in [-0.2, -0.15) is 0 Å².